The number of aromatic nitrogens is 4. The van der Waals surface area contributed by atoms with Gasteiger partial charge in [-0.15, -0.1) is 11.3 Å². The molecule has 4 rings (SSSR count). The highest BCUT2D eigenvalue weighted by atomic mass is 35.5. The average molecular weight is 317 g/mol. The lowest BCUT2D eigenvalue weighted by Crippen LogP contribution is -1.99. The average Bonchev–Trinajstić information content (AvgIpc) is 2.86. The number of hydrogen-bond acceptors (Lipinski definition) is 5. The van der Waals surface area contributed by atoms with Crippen LogP contribution in [-0.2, 0) is 12.8 Å². The van der Waals surface area contributed by atoms with Gasteiger partial charge in [-0.25, -0.2) is 19.9 Å². The third-order valence-corrected chi connectivity index (χ3v) is 5.23. The Kier molecular flexibility index (Phi) is 3.12. The summed E-state index contributed by atoms with van der Waals surface area (Å²) >= 11 is 8.19. The van der Waals surface area contributed by atoms with Gasteiger partial charge in [-0.1, -0.05) is 11.6 Å². The van der Waals surface area contributed by atoms with E-state index in [1.807, 2.05) is 13.0 Å². The Bertz CT molecular complexity index is 843. The van der Waals surface area contributed by atoms with Crippen LogP contribution >= 0.6 is 22.9 Å². The summed E-state index contributed by atoms with van der Waals surface area (Å²) in [5, 5.41) is 1.59. The molecule has 0 unspecified atom stereocenters. The van der Waals surface area contributed by atoms with Crippen LogP contribution in [0.15, 0.2) is 12.3 Å². The van der Waals surface area contributed by atoms with E-state index >= 15 is 0 Å². The molecule has 0 N–H and O–H groups in total. The molecule has 1 aliphatic rings. The van der Waals surface area contributed by atoms with Gasteiger partial charge in [-0.05, 0) is 44.2 Å². The van der Waals surface area contributed by atoms with Crippen molar-refractivity contribution in [3.63, 3.8) is 0 Å². The van der Waals surface area contributed by atoms with Crippen LogP contribution in [0.2, 0.25) is 5.15 Å². The lowest BCUT2D eigenvalue weighted by molar-refractivity contribution is 0.700. The van der Waals surface area contributed by atoms with Crippen molar-refractivity contribution in [2.45, 2.75) is 32.6 Å². The fourth-order valence-electron chi connectivity index (χ4n) is 2.81. The SMILES string of the molecule is Cc1nccc(-c2nc(Cl)c3c4c(sc3n2)CCCC4)n1. The topological polar surface area (TPSA) is 51.6 Å². The zero-order chi connectivity index (χ0) is 14.4. The molecule has 0 saturated carbocycles. The molecule has 6 heteroatoms. The number of halogens is 1. The molecule has 4 nitrogen and oxygen atoms in total. The quantitative estimate of drug-likeness (QED) is 0.637. The van der Waals surface area contributed by atoms with E-state index in [1.165, 1.54) is 23.3 Å². The maximum absolute atomic E-state index is 6.44. The molecule has 0 atom stereocenters. The van der Waals surface area contributed by atoms with E-state index in [0.29, 0.717) is 16.8 Å². The number of nitrogens with zero attached hydrogens (tertiary/aromatic N) is 4. The molecule has 3 aromatic rings. The summed E-state index contributed by atoms with van der Waals surface area (Å²) in [6.45, 7) is 1.85. The minimum atomic E-state index is 0.547. The summed E-state index contributed by atoms with van der Waals surface area (Å²) in [5.41, 5.74) is 2.08. The lowest BCUT2D eigenvalue weighted by atomic mass is 9.97. The third kappa shape index (κ3) is 2.21. The molecule has 0 aromatic carbocycles. The summed E-state index contributed by atoms with van der Waals surface area (Å²) in [4.78, 5) is 20.0. The second-order valence-corrected chi connectivity index (χ2v) is 6.66. The summed E-state index contributed by atoms with van der Waals surface area (Å²) in [7, 11) is 0. The van der Waals surface area contributed by atoms with Gasteiger partial charge >= 0.3 is 0 Å². The van der Waals surface area contributed by atoms with Gasteiger partial charge in [0, 0.05) is 11.1 Å². The fraction of sp³-hybridized carbons (Fsp3) is 0.333. The molecular weight excluding hydrogens is 304 g/mol. The Morgan fingerprint density at radius 3 is 2.86 bits per heavy atom. The molecule has 0 spiro atoms. The largest absolute Gasteiger partial charge is 0.242 e. The zero-order valence-corrected chi connectivity index (χ0v) is 13.1. The molecule has 0 fully saturated rings. The number of hydrogen-bond donors (Lipinski definition) is 0. The van der Waals surface area contributed by atoms with Crippen molar-refractivity contribution < 1.29 is 0 Å². The van der Waals surface area contributed by atoms with Crippen molar-refractivity contribution in [1.29, 1.82) is 0 Å². The van der Waals surface area contributed by atoms with Crippen LogP contribution in [0, 0.1) is 6.92 Å². The zero-order valence-electron chi connectivity index (χ0n) is 11.6. The van der Waals surface area contributed by atoms with Gasteiger partial charge in [0.05, 0.1) is 5.39 Å². The molecule has 0 bridgehead atoms. The van der Waals surface area contributed by atoms with Crippen LogP contribution in [-0.4, -0.2) is 19.9 Å². The fourth-order valence-corrected chi connectivity index (χ4v) is 4.41. The Labute approximate surface area is 131 Å². The minimum absolute atomic E-state index is 0.547. The van der Waals surface area contributed by atoms with Crippen LogP contribution in [0.1, 0.15) is 29.1 Å². The van der Waals surface area contributed by atoms with Crippen molar-refractivity contribution in [2.75, 3.05) is 0 Å². The lowest BCUT2D eigenvalue weighted by Gasteiger charge is -2.10. The predicted octanol–water partition coefficient (Wildman–Crippen LogP) is 3.99. The summed E-state index contributed by atoms with van der Waals surface area (Å²) in [5.74, 6) is 1.29. The Morgan fingerprint density at radius 1 is 1.14 bits per heavy atom. The van der Waals surface area contributed by atoms with Gasteiger partial charge in [-0.2, -0.15) is 0 Å². The molecule has 106 valence electrons. The van der Waals surface area contributed by atoms with Crippen LogP contribution in [0.3, 0.4) is 0 Å². The molecule has 0 saturated heterocycles. The second-order valence-electron chi connectivity index (χ2n) is 5.22. The molecule has 21 heavy (non-hydrogen) atoms. The molecule has 1 aliphatic carbocycles. The number of aryl methyl sites for hydroxylation is 3. The normalized spacial score (nSPS) is 14.4. The van der Waals surface area contributed by atoms with Gasteiger partial charge in [0.25, 0.3) is 0 Å². The standard InChI is InChI=1S/C15H13ClN4S/c1-8-17-7-6-10(18-8)14-19-13(16)12-9-4-2-3-5-11(9)21-15(12)20-14/h6-7H,2-5H2,1H3. The molecule has 3 heterocycles. The predicted molar refractivity (Wildman–Crippen MR) is 84.8 cm³/mol. The van der Waals surface area contributed by atoms with Crippen LogP contribution in [0.4, 0.5) is 0 Å². The van der Waals surface area contributed by atoms with Gasteiger partial charge in [0.1, 0.15) is 21.5 Å². The van der Waals surface area contributed by atoms with E-state index in [4.69, 9.17) is 11.6 Å². The molecule has 3 aromatic heterocycles. The van der Waals surface area contributed by atoms with Crippen LogP contribution < -0.4 is 0 Å². The van der Waals surface area contributed by atoms with Crippen molar-refractivity contribution in [1.82, 2.24) is 19.9 Å². The number of thiophene rings is 1. The highest BCUT2D eigenvalue weighted by Gasteiger charge is 2.20. The van der Waals surface area contributed by atoms with Crippen LogP contribution in [0.25, 0.3) is 21.7 Å². The minimum Gasteiger partial charge on any atom is -0.242 e. The van der Waals surface area contributed by atoms with Crippen molar-refractivity contribution in [3.05, 3.63) is 33.7 Å². The van der Waals surface area contributed by atoms with E-state index in [-0.39, 0.29) is 0 Å². The Morgan fingerprint density at radius 2 is 2.00 bits per heavy atom. The van der Waals surface area contributed by atoms with Crippen molar-refractivity contribution in [3.8, 4) is 11.5 Å². The summed E-state index contributed by atoms with van der Waals surface area (Å²) in [6, 6.07) is 1.82. The van der Waals surface area contributed by atoms with E-state index in [1.54, 1.807) is 17.5 Å². The monoisotopic (exact) mass is 316 g/mol. The van der Waals surface area contributed by atoms with Gasteiger partial charge in [0.15, 0.2) is 5.82 Å². The number of rotatable bonds is 1. The van der Waals surface area contributed by atoms with E-state index in [2.05, 4.69) is 19.9 Å². The first kappa shape index (κ1) is 13.1. The second kappa shape index (κ2) is 5.00. The molecular formula is C15H13ClN4S. The van der Waals surface area contributed by atoms with Crippen molar-refractivity contribution >= 4 is 33.2 Å². The maximum atomic E-state index is 6.44. The van der Waals surface area contributed by atoms with Gasteiger partial charge in [0.2, 0.25) is 0 Å². The summed E-state index contributed by atoms with van der Waals surface area (Å²) < 4.78 is 0. The van der Waals surface area contributed by atoms with E-state index in [0.717, 1.165) is 28.8 Å². The first-order valence-electron chi connectivity index (χ1n) is 7.00. The van der Waals surface area contributed by atoms with Crippen LogP contribution in [0.5, 0.6) is 0 Å². The van der Waals surface area contributed by atoms with Gasteiger partial charge in [-0.3, -0.25) is 0 Å². The van der Waals surface area contributed by atoms with Crippen molar-refractivity contribution in [2.24, 2.45) is 0 Å². The third-order valence-electron chi connectivity index (χ3n) is 3.78. The number of fused-ring (bicyclic) bond motifs is 3. The first-order chi connectivity index (χ1) is 10.2. The smallest absolute Gasteiger partial charge is 0.181 e. The highest BCUT2D eigenvalue weighted by Crippen LogP contribution is 2.39. The van der Waals surface area contributed by atoms with Gasteiger partial charge < -0.3 is 0 Å². The Hall–Kier alpha value is -1.59. The summed E-state index contributed by atoms with van der Waals surface area (Å²) in [6.07, 6.45) is 6.42. The Balaban J connectivity index is 1.93. The molecule has 0 amide bonds. The molecule has 0 radical (unpaired) electrons. The highest BCUT2D eigenvalue weighted by molar-refractivity contribution is 7.19. The van der Waals surface area contributed by atoms with E-state index < -0.39 is 0 Å². The molecule has 0 aliphatic heterocycles. The van der Waals surface area contributed by atoms with E-state index in [9.17, 15) is 0 Å². The maximum Gasteiger partial charge on any atom is 0.181 e. The first-order valence-corrected chi connectivity index (χ1v) is 8.19.